The van der Waals surface area contributed by atoms with Crippen LogP contribution in [-0.2, 0) is 0 Å². The van der Waals surface area contributed by atoms with Crippen LogP contribution in [0.3, 0.4) is 0 Å². The number of H-pyrrole nitrogens is 1. The molecule has 0 aliphatic heterocycles. The van der Waals surface area contributed by atoms with Gasteiger partial charge in [-0.1, -0.05) is 26.2 Å². The highest BCUT2D eigenvalue weighted by Gasteiger charge is 2.09. The van der Waals surface area contributed by atoms with Gasteiger partial charge in [0.2, 0.25) is 0 Å². The third kappa shape index (κ3) is 4.10. The molecule has 7 nitrogen and oxygen atoms in total. The van der Waals surface area contributed by atoms with Crippen molar-refractivity contribution in [2.45, 2.75) is 32.6 Å². The first kappa shape index (κ1) is 14.7. The lowest BCUT2D eigenvalue weighted by Crippen LogP contribution is -2.40. The van der Waals surface area contributed by atoms with Crippen LogP contribution in [0.1, 0.15) is 38.2 Å². The molecule has 102 valence electrons. The molecule has 19 heavy (non-hydrogen) atoms. The minimum atomic E-state index is -0.852. The van der Waals surface area contributed by atoms with Crippen LogP contribution < -0.4 is 16.6 Å². The Morgan fingerprint density at radius 1 is 1.42 bits per heavy atom. The Balaban J connectivity index is 2.70. The van der Waals surface area contributed by atoms with Gasteiger partial charge in [0, 0.05) is 12.7 Å². The number of rotatable bonds is 5. The average Bonchev–Trinajstić information content (AvgIpc) is 2.38. The molecule has 0 unspecified atom stereocenters. The molecule has 0 saturated carbocycles. The van der Waals surface area contributed by atoms with E-state index in [9.17, 15) is 14.4 Å². The largest absolute Gasteiger partial charge is 0.337 e. The molecule has 1 amide bonds. The van der Waals surface area contributed by atoms with Crippen LogP contribution in [-0.4, -0.2) is 22.1 Å². The zero-order valence-electron chi connectivity index (χ0n) is 10.7. The lowest BCUT2D eigenvalue weighted by Gasteiger charge is -2.06. The predicted octanol–water partition coefficient (Wildman–Crippen LogP) is 0.546. The summed E-state index contributed by atoms with van der Waals surface area (Å²) < 4.78 is 0.694. The zero-order valence-corrected chi connectivity index (χ0v) is 10.7. The number of aromatic amines is 1. The molecular formula is C12H16N4O3. The Morgan fingerprint density at radius 2 is 2.16 bits per heavy atom. The Kier molecular flexibility index (Phi) is 5.54. The summed E-state index contributed by atoms with van der Waals surface area (Å²) >= 11 is 0. The minimum Gasteiger partial charge on any atom is -0.337 e. The van der Waals surface area contributed by atoms with E-state index in [-0.39, 0.29) is 5.56 Å². The van der Waals surface area contributed by atoms with Crippen molar-refractivity contribution in [1.29, 1.82) is 5.26 Å². The monoisotopic (exact) mass is 264 g/mol. The molecule has 2 N–H and O–H groups in total. The SMILES string of the molecule is CCCCCCNC(=O)n1cc(C#N)c(=O)[nH]c1=O. The van der Waals surface area contributed by atoms with E-state index < -0.39 is 17.3 Å². The van der Waals surface area contributed by atoms with E-state index in [1.165, 1.54) is 0 Å². The molecule has 1 aromatic rings. The van der Waals surface area contributed by atoms with Crippen molar-refractivity contribution in [2.24, 2.45) is 0 Å². The summed E-state index contributed by atoms with van der Waals surface area (Å²) in [6, 6.07) is 0.974. The van der Waals surface area contributed by atoms with Crippen molar-refractivity contribution in [3.63, 3.8) is 0 Å². The van der Waals surface area contributed by atoms with Crippen LogP contribution in [0.25, 0.3) is 0 Å². The highest BCUT2D eigenvalue weighted by atomic mass is 16.2. The maximum atomic E-state index is 11.7. The van der Waals surface area contributed by atoms with Crippen molar-refractivity contribution >= 4 is 6.03 Å². The second-order valence-electron chi connectivity index (χ2n) is 4.08. The normalized spacial score (nSPS) is 9.89. The van der Waals surface area contributed by atoms with Gasteiger partial charge in [-0.15, -0.1) is 0 Å². The second kappa shape index (κ2) is 7.16. The van der Waals surface area contributed by atoms with E-state index in [2.05, 4.69) is 12.2 Å². The number of aromatic nitrogens is 2. The topological polar surface area (TPSA) is 108 Å². The van der Waals surface area contributed by atoms with Gasteiger partial charge in [-0.3, -0.25) is 9.78 Å². The predicted molar refractivity (Wildman–Crippen MR) is 69.0 cm³/mol. The summed E-state index contributed by atoms with van der Waals surface area (Å²) in [7, 11) is 0. The van der Waals surface area contributed by atoms with Gasteiger partial charge in [0.25, 0.3) is 5.56 Å². The van der Waals surface area contributed by atoms with E-state index in [0.29, 0.717) is 11.1 Å². The number of hydrogen-bond donors (Lipinski definition) is 2. The Bertz CT molecular complexity index is 594. The summed E-state index contributed by atoms with van der Waals surface area (Å²) in [6.07, 6.45) is 4.96. The van der Waals surface area contributed by atoms with Gasteiger partial charge in [-0.25, -0.2) is 14.2 Å². The number of nitriles is 1. The van der Waals surface area contributed by atoms with Gasteiger partial charge in [0.15, 0.2) is 0 Å². The first-order chi connectivity index (χ1) is 9.10. The van der Waals surface area contributed by atoms with Crippen LogP contribution in [0.15, 0.2) is 15.8 Å². The number of carbonyl (C=O) groups excluding carboxylic acids is 1. The molecule has 0 aliphatic carbocycles. The van der Waals surface area contributed by atoms with Crippen LogP contribution in [0, 0.1) is 11.3 Å². The van der Waals surface area contributed by atoms with Crippen molar-refractivity contribution in [3.05, 3.63) is 32.6 Å². The van der Waals surface area contributed by atoms with E-state index in [4.69, 9.17) is 5.26 Å². The van der Waals surface area contributed by atoms with Crippen molar-refractivity contribution in [1.82, 2.24) is 14.9 Å². The lowest BCUT2D eigenvalue weighted by atomic mass is 10.2. The molecular weight excluding hydrogens is 248 g/mol. The Labute approximate surface area is 109 Å². The Hall–Kier alpha value is -2.36. The third-order valence-electron chi connectivity index (χ3n) is 2.59. The minimum absolute atomic E-state index is 0.277. The number of hydrogen-bond acceptors (Lipinski definition) is 4. The zero-order chi connectivity index (χ0) is 14.3. The number of amides is 1. The van der Waals surface area contributed by atoms with Crippen LogP contribution in [0.4, 0.5) is 4.79 Å². The van der Waals surface area contributed by atoms with Gasteiger partial charge in [0.05, 0.1) is 0 Å². The van der Waals surface area contributed by atoms with E-state index in [1.54, 1.807) is 6.07 Å². The summed E-state index contributed by atoms with van der Waals surface area (Å²) in [5, 5.41) is 11.2. The first-order valence-electron chi connectivity index (χ1n) is 6.14. The van der Waals surface area contributed by atoms with Crippen molar-refractivity contribution in [2.75, 3.05) is 6.54 Å². The summed E-state index contributed by atoms with van der Waals surface area (Å²) in [5.74, 6) is 0. The average molecular weight is 264 g/mol. The molecule has 1 rings (SSSR count). The maximum absolute atomic E-state index is 11.7. The molecule has 1 aromatic heterocycles. The fraction of sp³-hybridized carbons (Fsp3) is 0.500. The maximum Gasteiger partial charge on any atom is 0.336 e. The van der Waals surface area contributed by atoms with Gasteiger partial charge >= 0.3 is 11.7 Å². The highest BCUT2D eigenvalue weighted by Crippen LogP contribution is 1.97. The highest BCUT2D eigenvalue weighted by molar-refractivity contribution is 5.76. The molecule has 0 fully saturated rings. The third-order valence-corrected chi connectivity index (χ3v) is 2.59. The number of carbonyl (C=O) groups is 1. The fourth-order valence-corrected chi connectivity index (χ4v) is 1.53. The van der Waals surface area contributed by atoms with Crippen LogP contribution >= 0.6 is 0 Å². The summed E-state index contributed by atoms with van der Waals surface area (Å²) in [5.41, 5.74) is -1.92. The number of nitrogens with one attached hydrogen (secondary N) is 2. The fourth-order valence-electron chi connectivity index (χ4n) is 1.53. The van der Waals surface area contributed by atoms with Crippen molar-refractivity contribution < 1.29 is 4.79 Å². The number of nitrogens with zero attached hydrogens (tertiary/aromatic N) is 2. The van der Waals surface area contributed by atoms with E-state index in [1.807, 2.05) is 4.98 Å². The van der Waals surface area contributed by atoms with Crippen LogP contribution in [0.5, 0.6) is 0 Å². The summed E-state index contributed by atoms with van der Waals surface area (Å²) in [6.45, 7) is 2.54. The Morgan fingerprint density at radius 3 is 2.79 bits per heavy atom. The standard InChI is InChI=1S/C12H16N4O3/c1-2-3-4-5-6-14-11(18)16-8-9(7-13)10(17)15-12(16)19/h8H,2-6H2,1H3,(H,14,18)(H,15,17,19). The van der Waals surface area contributed by atoms with Gasteiger partial charge in [-0.2, -0.15) is 5.26 Å². The molecule has 0 saturated heterocycles. The molecule has 0 bridgehead atoms. The quantitative estimate of drug-likeness (QED) is 0.757. The van der Waals surface area contributed by atoms with Gasteiger partial charge in [0.1, 0.15) is 11.6 Å². The molecule has 1 heterocycles. The molecule has 0 spiro atoms. The lowest BCUT2D eigenvalue weighted by molar-refractivity contribution is 0.241. The molecule has 0 aliphatic rings. The van der Waals surface area contributed by atoms with Crippen LogP contribution in [0.2, 0.25) is 0 Å². The van der Waals surface area contributed by atoms with E-state index >= 15 is 0 Å². The van der Waals surface area contributed by atoms with E-state index in [0.717, 1.165) is 31.9 Å². The van der Waals surface area contributed by atoms with Gasteiger partial charge in [-0.05, 0) is 6.42 Å². The second-order valence-corrected chi connectivity index (χ2v) is 4.08. The molecule has 0 radical (unpaired) electrons. The molecule has 0 atom stereocenters. The number of unbranched alkanes of at least 4 members (excludes halogenated alkanes) is 3. The smallest absolute Gasteiger partial charge is 0.336 e. The molecule has 0 aromatic carbocycles. The van der Waals surface area contributed by atoms with Gasteiger partial charge < -0.3 is 5.32 Å². The van der Waals surface area contributed by atoms with Crippen molar-refractivity contribution in [3.8, 4) is 6.07 Å². The molecule has 7 heteroatoms. The first-order valence-corrected chi connectivity index (χ1v) is 6.14. The summed E-state index contributed by atoms with van der Waals surface area (Å²) in [4.78, 5) is 36.2.